The second kappa shape index (κ2) is 12.7. The number of rotatable bonds is 9. The minimum absolute atomic E-state index is 0. The van der Waals surface area contributed by atoms with E-state index in [0.717, 1.165) is 31.0 Å². The predicted octanol–water partition coefficient (Wildman–Crippen LogP) is 3.69. The van der Waals surface area contributed by atoms with Gasteiger partial charge in [-0.1, -0.05) is 6.07 Å². The Morgan fingerprint density at radius 2 is 1.78 bits per heavy atom. The summed E-state index contributed by atoms with van der Waals surface area (Å²) >= 11 is 1.77. The summed E-state index contributed by atoms with van der Waals surface area (Å²) < 4.78 is 16.1. The molecule has 0 spiro atoms. The number of thiophene rings is 1. The second-order valence-electron chi connectivity index (χ2n) is 5.48. The quantitative estimate of drug-likeness (QED) is 0.309. The van der Waals surface area contributed by atoms with Gasteiger partial charge in [-0.3, -0.25) is 0 Å². The molecule has 0 atom stereocenters. The molecule has 2 rings (SSSR count). The Balaban J connectivity index is 0.00000364. The standard InChI is InChI=1S/C19H27N3O3S.HI/c1-5-20-19(21-9-8-15-7-6-10-26-15)22-13-14-11-16(23-2)18(25-4)17(12-14)24-3;/h6-7,10-12H,5,8-9,13H2,1-4H3,(H2,20,21,22);1H. The third kappa shape index (κ3) is 7.10. The fraction of sp³-hybridized carbons (Fsp3) is 0.421. The molecular weight excluding hydrogens is 477 g/mol. The molecule has 150 valence electrons. The molecule has 2 N–H and O–H groups in total. The Labute approximate surface area is 182 Å². The van der Waals surface area contributed by atoms with Crippen LogP contribution >= 0.6 is 35.3 Å². The summed E-state index contributed by atoms with van der Waals surface area (Å²) in [7, 11) is 4.82. The van der Waals surface area contributed by atoms with Gasteiger partial charge >= 0.3 is 0 Å². The van der Waals surface area contributed by atoms with E-state index in [1.807, 2.05) is 12.1 Å². The largest absolute Gasteiger partial charge is 0.493 e. The van der Waals surface area contributed by atoms with Crippen LogP contribution in [0.15, 0.2) is 34.6 Å². The van der Waals surface area contributed by atoms with Gasteiger partial charge in [0.1, 0.15) is 0 Å². The summed E-state index contributed by atoms with van der Waals surface area (Å²) in [6.07, 6.45) is 0.978. The molecule has 0 radical (unpaired) electrons. The lowest BCUT2D eigenvalue weighted by atomic mass is 10.2. The van der Waals surface area contributed by atoms with Crippen molar-refractivity contribution in [2.45, 2.75) is 19.9 Å². The molecule has 0 amide bonds. The van der Waals surface area contributed by atoms with Crippen LogP contribution in [0.25, 0.3) is 0 Å². The van der Waals surface area contributed by atoms with Crippen LogP contribution < -0.4 is 24.8 Å². The first kappa shape index (κ1) is 23.4. The van der Waals surface area contributed by atoms with Crippen molar-refractivity contribution in [1.82, 2.24) is 10.6 Å². The van der Waals surface area contributed by atoms with E-state index >= 15 is 0 Å². The Morgan fingerprint density at radius 1 is 1.07 bits per heavy atom. The fourth-order valence-corrected chi connectivity index (χ4v) is 3.21. The third-order valence-corrected chi connectivity index (χ3v) is 4.67. The summed E-state index contributed by atoms with van der Waals surface area (Å²) in [5.74, 6) is 2.64. The Kier molecular flexibility index (Phi) is 11.0. The predicted molar refractivity (Wildman–Crippen MR) is 122 cm³/mol. The second-order valence-corrected chi connectivity index (χ2v) is 6.52. The van der Waals surface area contributed by atoms with Crippen molar-refractivity contribution in [3.05, 3.63) is 40.1 Å². The van der Waals surface area contributed by atoms with Gasteiger partial charge in [-0.25, -0.2) is 4.99 Å². The molecule has 0 unspecified atom stereocenters. The van der Waals surface area contributed by atoms with Crippen molar-refractivity contribution in [2.75, 3.05) is 34.4 Å². The molecule has 0 fully saturated rings. The fourth-order valence-electron chi connectivity index (χ4n) is 2.50. The molecule has 2 aromatic rings. The Bertz CT molecular complexity index is 683. The molecule has 0 saturated heterocycles. The van der Waals surface area contributed by atoms with E-state index in [4.69, 9.17) is 14.2 Å². The van der Waals surface area contributed by atoms with Crippen LogP contribution in [0.4, 0.5) is 0 Å². The lowest BCUT2D eigenvalue weighted by Gasteiger charge is -2.14. The highest BCUT2D eigenvalue weighted by atomic mass is 127. The van der Waals surface area contributed by atoms with Crippen LogP contribution in [0.1, 0.15) is 17.4 Å². The van der Waals surface area contributed by atoms with Gasteiger partial charge in [-0.05, 0) is 42.5 Å². The highest BCUT2D eigenvalue weighted by Gasteiger charge is 2.13. The van der Waals surface area contributed by atoms with E-state index in [9.17, 15) is 0 Å². The number of hydrogen-bond acceptors (Lipinski definition) is 5. The highest BCUT2D eigenvalue weighted by molar-refractivity contribution is 14.0. The number of ether oxygens (including phenoxy) is 3. The average Bonchev–Trinajstić information content (AvgIpc) is 3.18. The summed E-state index contributed by atoms with van der Waals surface area (Å²) in [6.45, 7) is 4.20. The van der Waals surface area contributed by atoms with Crippen LogP contribution in [0, 0.1) is 0 Å². The van der Waals surface area contributed by atoms with Crippen molar-refractivity contribution < 1.29 is 14.2 Å². The summed E-state index contributed by atoms with van der Waals surface area (Å²) in [6, 6.07) is 8.05. The number of nitrogens with zero attached hydrogens (tertiary/aromatic N) is 1. The molecule has 1 aromatic carbocycles. The number of nitrogens with one attached hydrogen (secondary N) is 2. The van der Waals surface area contributed by atoms with Crippen LogP contribution in [0.5, 0.6) is 17.2 Å². The smallest absolute Gasteiger partial charge is 0.203 e. The van der Waals surface area contributed by atoms with Gasteiger partial charge in [0.2, 0.25) is 5.75 Å². The maximum Gasteiger partial charge on any atom is 0.203 e. The third-order valence-electron chi connectivity index (χ3n) is 3.73. The topological polar surface area (TPSA) is 64.1 Å². The Hall–Kier alpha value is -1.68. The normalized spacial score (nSPS) is 10.7. The van der Waals surface area contributed by atoms with Gasteiger partial charge in [-0.15, -0.1) is 35.3 Å². The number of guanidine groups is 1. The molecule has 0 saturated carbocycles. The number of benzene rings is 1. The molecule has 0 bridgehead atoms. The van der Waals surface area contributed by atoms with Gasteiger partial charge in [0.15, 0.2) is 17.5 Å². The lowest BCUT2D eigenvalue weighted by molar-refractivity contribution is 0.324. The zero-order valence-electron chi connectivity index (χ0n) is 16.2. The summed E-state index contributed by atoms with van der Waals surface area (Å²) in [4.78, 5) is 6.01. The minimum Gasteiger partial charge on any atom is -0.493 e. The number of hydrogen-bond donors (Lipinski definition) is 2. The van der Waals surface area contributed by atoms with Gasteiger partial charge < -0.3 is 24.8 Å². The van der Waals surface area contributed by atoms with E-state index in [0.29, 0.717) is 23.8 Å². The number of halogens is 1. The number of aliphatic imine (C=N–C) groups is 1. The zero-order chi connectivity index (χ0) is 18.8. The molecule has 1 heterocycles. The van der Waals surface area contributed by atoms with Gasteiger partial charge in [0.05, 0.1) is 27.9 Å². The summed E-state index contributed by atoms with van der Waals surface area (Å²) in [5, 5.41) is 8.73. The van der Waals surface area contributed by atoms with Crippen LogP contribution in [-0.2, 0) is 13.0 Å². The summed E-state index contributed by atoms with van der Waals surface area (Å²) in [5.41, 5.74) is 0.981. The van der Waals surface area contributed by atoms with Crippen molar-refractivity contribution in [1.29, 1.82) is 0 Å². The zero-order valence-corrected chi connectivity index (χ0v) is 19.4. The van der Waals surface area contributed by atoms with E-state index in [2.05, 4.69) is 40.1 Å². The Morgan fingerprint density at radius 3 is 2.30 bits per heavy atom. The van der Waals surface area contributed by atoms with Gasteiger partial charge in [0.25, 0.3) is 0 Å². The molecule has 1 aromatic heterocycles. The van der Waals surface area contributed by atoms with Crippen molar-refractivity contribution in [3.8, 4) is 17.2 Å². The lowest BCUT2D eigenvalue weighted by Crippen LogP contribution is -2.38. The average molecular weight is 505 g/mol. The minimum atomic E-state index is 0. The van der Waals surface area contributed by atoms with Crippen LogP contribution in [0.3, 0.4) is 0 Å². The molecule has 8 heteroatoms. The first-order valence-corrected chi connectivity index (χ1v) is 9.43. The molecular formula is C19H28IN3O3S. The molecule has 0 aliphatic carbocycles. The SMILES string of the molecule is CCNC(=NCc1cc(OC)c(OC)c(OC)c1)NCCc1cccs1.I. The van der Waals surface area contributed by atoms with E-state index in [-0.39, 0.29) is 24.0 Å². The van der Waals surface area contributed by atoms with Gasteiger partial charge in [-0.2, -0.15) is 0 Å². The van der Waals surface area contributed by atoms with Crippen molar-refractivity contribution in [3.63, 3.8) is 0 Å². The molecule has 27 heavy (non-hydrogen) atoms. The molecule has 0 aliphatic heterocycles. The van der Waals surface area contributed by atoms with Crippen LogP contribution in [0.2, 0.25) is 0 Å². The maximum absolute atomic E-state index is 5.40. The van der Waals surface area contributed by atoms with Crippen LogP contribution in [-0.4, -0.2) is 40.4 Å². The van der Waals surface area contributed by atoms with Gasteiger partial charge in [0, 0.05) is 18.0 Å². The first-order chi connectivity index (χ1) is 12.7. The highest BCUT2D eigenvalue weighted by Crippen LogP contribution is 2.38. The first-order valence-electron chi connectivity index (χ1n) is 8.55. The van der Waals surface area contributed by atoms with E-state index in [1.165, 1.54) is 4.88 Å². The van der Waals surface area contributed by atoms with E-state index in [1.54, 1.807) is 32.7 Å². The molecule has 0 aliphatic rings. The monoisotopic (exact) mass is 505 g/mol. The van der Waals surface area contributed by atoms with Crippen molar-refractivity contribution >= 4 is 41.3 Å². The van der Waals surface area contributed by atoms with E-state index < -0.39 is 0 Å². The molecule has 6 nitrogen and oxygen atoms in total. The maximum atomic E-state index is 5.40. The van der Waals surface area contributed by atoms with Crippen molar-refractivity contribution in [2.24, 2.45) is 4.99 Å². The number of methoxy groups -OCH3 is 3.